The fraction of sp³-hybridized carbons (Fsp3) is 0.250. The summed E-state index contributed by atoms with van der Waals surface area (Å²) in [5.74, 6) is -2.04. The Bertz CT molecular complexity index is 742. The molecule has 2 heterocycles. The number of carbonyl (C=O) groups is 2. The number of anilines is 1. The van der Waals surface area contributed by atoms with Gasteiger partial charge in [-0.3, -0.25) is 9.59 Å². The third kappa shape index (κ3) is 2.32. The minimum atomic E-state index is -0.798. The Labute approximate surface area is 136 Å². The number of ketones is 2. The van der Waals surface area contributed by atoms with E-state index in [1.807, 2.05) is 37.2 Å². The third-order valence-corrected chi connectivity index (χ3v) is 6.06. The van der Waals surface area contributed by atoms with Gasteiger partial charge in [0.1, 0.15) is 5.76 Å². The molecule has 114 valence electrons. The van der Waals surface area contributed by atoms with Crippen molar-refractivity contribution in [2.45, 2.75) is 5.25 Å². The van der Waals surface area contributed by atoms with Gasteiger partial charge in [0.2, 0.25) is 11.6 Å². The lowest BCUT2D eigenvalue weighted by Crippen LogP contribution is -2.24. The fourth-order valence-corrected chi connectivity index (χ4v) is 4.57. The lowest BCUT2D eigenvalue weighted by molar-refractivity contribution is -0.134. The number of nitrogens with zero attached hydrogens (tertiary/aromatic N) is 1. The second kappa shape index (κ2) is 5.44. The molecular formula is C16H15NO3S2. The summed E-state index contributed by atoms with van der Waals surface area (Å²) in [6.07, 6.45) is 3.63. The van der Waals surface area contributed by atoms with Crippen LogP contribution in [0.1, 0.15) is 4.88 Å². The molecule has 1 N–H and O–H groups in total. The molecule has 2 unspecified atom stereocenters. The van der Waals surface area contributed by atoms with Gasteiger partial charge in [-0.15, -0.1) is 23.1 Å². The van der Waals surface area contributed by atoms with Gasteiger partial charge in [-0.05, 0) is 12.1 Å². The molecule has 0 fully saturated rings. The van der Waals surface area contributed by atoms with Gasteiger partial charge in [0.15, 0.2) is 0 Å². The third-order valence-electron chi connectivity index (χ3n) is 3.65. The van der Waals surface area contributed by atoms with Crippen molar-refractivity contribution in [1.29, 1.82) is 0 Å². The van der Waals surface area contributed by atoms with E-state index in [1.165, 1.54) is 23.1 Å². The maximum atomic E-state index is 12.3. The van der Waals surface area contributed by atoms with Crippen LogP contribution in [0.25, 0.3) is 5.57 Å². The number of hydrogen-bond acceptors (Lipinski definition) is 6. The lowest BCUT2D eigenvalue weighted by Gasteiger charge is -2.14. The van der Waals surface area contributed by atoms with Crippen molar-refractivity contribution in [3.05, 3.63) is 46.4 Å². The van der Waals surface area contributed by atoms with Gasteiger partial charge in [0.05, 0.1) is 16.5 Å². The molecule has 0 bridgehead atoms. The van der Waals surface area contributed by atoms with Crippen LogP contribution in [-0.4, -0.2) is 36.0 Å². The highest BCUT2D eigenvalue weighted by Crippen LogP contribution is 2.44. The van der Waals surface area contributed by atoms with Gasteiger partial charge < -0.3 is 10.0 Å². The SMILES string of the molecule is C=C1C=CC(C2C(=O)C(=O)C(c3ccc(N(C)C)s3)=C2O)S1. The first-order valence-electron chi connectivity index (χ1n) is 6.73. The molecule has 0 saturated carbocycles. The van der Waals surface area contributed by atoms with Gasteiger partial charge in [-0.2, -0.15) is 0 Å². The highest BCUT2D eigenvalue weighted by atomic mass is 32.2. The van der Waals surface area contributed by atoms with Crippen molar-refractivity contribution in [3.63, 3.8) is 0 Å². The Morgan fingerprint density at radius 2 is 2.00 bits per heavy atom. The molecule has 2 atom stereocenters. The largest absolute Gasteiger partial charge is 0.511 e. The maximum Gasteiger partial charge on any atom is 0.234 e. The van der Waals surface area contributed by atoms with E-state index < -0.39 is 17.5 Å². The number of aliphatic hydroxyl groups is 1. The summed E-state index contributed by atoms with van der Waals surface area (Å²) in [5, 5.41) is 11.2. The molecule has 1 aliphatic heterocycles. The van der Waals surface area contributed by atoms with Crippen LogP contribution in [0.5, 0.6) is 0 Å². The van der Waals surface area contributed by atoms with E-state index in [4.69, 9.17) is 0 Å². The number of aliphatic hydroxyl groups excluding tert-OH is 1. The van der Waals surface area contributed by atoms with Crippen LogP contribution in [0.15, 0.2) is 41.5 Å². The number of thiophene rings is 1. The first-order chi connectivity index (χ1) is 10.4. The summed E-state index contributed by atoms with van der Waals surface area (Å²) >= 11 is 2.79. The van der Waals surface area contributed by atoms with Crippen LogP contribution < -0.4 is 4.90 Å². The summed E-state index contributed by atoms with van der Waals surface area (Å²) < 4.78 is 0. The van der Waals surface area contributed by atoms with Crippen LogP contribution in [-0.2, 0) is 9.59 Å². The van der Waals surface area contributed by atoms with E-state index in [2.05, 4.69) is 6.58 Å². The fourth-order valence-electron chi connectivity index (χ4n) is 2.54. The molecule has 6 heteroatoms. The Kier molecular flexibility index (Phi) is 3.74. The quantitative estimate of drug-likeness (QED) is 0.862. The zero-order valence-electron chi connectivity index (χ0n) is 12.2. The van der Waals surface area contributed by atoms with Gasteiger partial charge in [0, 0.05) is 29.1 Å². The maximum absolute atomic E-state index is 12.3. The molecule has 0 amide bonds. The molecule has 0 saturated heterocycles. The van der Waals surface area contributed by atoms with Crippen LogP contribution >= 0.6 is 23.1 Å². The van der Waals surface area contributed by atoms with Crippen LogP contribution in [0.4, 0.5) is 5.00 Å². The van der Waals surface area contributed by atoms with E-state index in [0.29, 0.717) is 4.88 Å². The van der Waals surface area contributed by atoms with Crippen LogP contribution in [0, 0.1) is 5.92 Å². The van der Waals surface area contributed by atoms with Crippen molar-refractivity contribution in [2.75, 3.05) is 19.0 Å². The standard InChI is InChI=1S/C16H15NO3S2/c1-8-4-5-9(21-8)12-14(18)13(16(20)15(12)19)10-6-7-11(22-10)17(2)3/h4-7,9,12,18H,1H2,2-3H3. The minimum Gasteiger partial charge on any atom is -0.511 e. The highest BCUT2D eigenvalue weighted by Gasteiger charge is 2.46. The lowest BCUT2D eigenvalue weighted by atomic mass is 10.0. The van der Waals surface area contributed by atoms with Crippen molar-refractivity contribution >= 4 is 45.2 Å². The van der Waals surface area contributed by atoms with E-state index >= 15 is 0 Å². The number of carbonyl (C=O) groups excluding carboxylic acids is 2. The van der Waals surface area contributed by atoms with E-state index in [9.17, 15) is 14.7 Å². The zero-order valence-corrected chi connectivity index (χ0v) is 13.8. The summed E-state index contributed by atoms with van der Waals surface area (Å²) in [6, 6.07) is 3.65. The smallest absolute Gasteiger partial charge is 0.234 e. The first kappa shape index (κ1) is 15.1. The Balaban J connectivity index is 2.00. The summed E-state index contributed by atoms with van der Waals surface area (Å²) in [7, 11) is 3.81. The summed E-state index contributed by atoms with van der Waals surface area (Å²) in [5.41, 5.74) is 0.152. The van der Waals surface area contributed by atoms with E-state index in [1.54, 1.807) is 6.07 Å². The number of allylic oxidation sites excluding steroid dienone is 3. The van der Waals surface area contributed by atoms with Crippen molar-refractivity contribution in [2.24, 2.45) is 5.92 Å². The molecule has 2 aliphatic rings. The van der Waals surface area contributed by atoms with E-state index in [-0.39, 0.29) is 16.6 Å². The normalized spacial score (nSPS) is 24.7. The number of Topliss-reactive ketones (excluding diaryl/α,β-unsaturated/α-hetero) is 2. The van der Waals surface area contributed by atoms with Crippen molar-refractivity contribution in [1.82, 2.24) is 0 Å². The zero-order chi connectivity index (χ0) is 16.0. The Morgan fingerprint density at radius 1 is 1.27 bits per heavy atom. The molecule has 4 nitrogen and oxygen atoms in total. The molecule has 1 aromatic heterocycles. The number of hydrogen-bond donors (Lipinski definition) is 1. The molecule has 0 spiro atoms. The van der Waals surface area contributed by atoms with Crippen molar-refractivity contribution in [3.8, 4) is 0 Å². The monoisotopic (exact) mass is 333 g/mol. The topological polar surface area (TPSA) is 57.6 Å². The molecular weight excluding hydrogens is 318 g/mol. The van der Waals surface area contributed by atoms with E-state index in [0.717, 1.165) is 9.91 Å². The summed E-state index contributed by atoms with van der Waals surface area (Å²) in [6.45, 7) is 3.82. The van der Waals surface area contributed by atoms with Crippen LogP contribution in [0.3, 0.4) is 0 Å². The van der Waals surface area contributed by atoms with Crippen molar-refractivity contribution < 1.29 is 14.7 Å². The summed E-state index contributed by atoms with van der Waals surface area (Å²) in [4.78, 5) is 28.0. The minimum absolute atomic E-state index is 0.112. The molecule has 1 aromatic rings. The van der Waals surface area contributed by atoms with Gasteiger partial charge >= 0.3 is 0 Å². The van der Waals surface area contributed by atoms with Gasteiger partial charge in [-0.25, -0.2) is 0 Å². The Hall–Kier alpha value is -1.79. The molecule has 3 rings (SSSR count). The average molecular weight is 333 g/mol. The predicted octanol–water partition coefficient (Wildman–Crippen LogP) is 3.04. The molecule has 22 heavy (non-hydrogen) atoms. The molecule has 0 aromatic carbocycles. The molecule has 0 radical (unpaired) electrons. The van der Waals surface area contributed by atoms with Gasteiger partial charge in [-0.1, -0.05) is 18.7 Å². The average Bonchev–Trinajstić information content (AvgIpc) is 3.12. The van der Waals surface area contributed by atoms with Gasteiger partial charge in [0.25, 0.3) is 0 Å². The first-order valence-corrected chi connectivity index (χ1v) is 8.42. The van der Waals surface area contributed by atoms with Crippen LogP contribution in [0.2, 0.25) is 0 Å². The second-order valence-electron chi connectivity index (χ2n) is 5.37. The second-order valence-corrected chi connectivity index (χ2v) is 7.74. The predicted molar refractivity (Wildman–Crippen MR) is 91.4 cm³/mol. The highest BCUT2D eigenvalue weighted by molar-refractivity contribution is 8.04. The number of rotatable bonds is 3. The Morgan fingerprint density at radius 3 is 2.55 bits per heavy atom. The molecule has 1 aliphatic carbocycles. The number of thioether (sulfide) groups is 1.